The summed E-state index contributed by atoms with van der Waals surface area (Å²) in [6.45, 7) is 2.03. The van der Waals surface area contributed by atoms with Crippen LogP contribution in [-0.4, -0.2) is 30.2 Å². The lowest BCUT2D eigenvalue weighted by molar-refractivity contribution is 0.307. The Kier molecular flexibility index (Phi) is 5.39. The Balaban J connectivity index is 1.43. The van der Waals surface area contributed by atoms with Gasteiger partial charge in [-0.25, -0.2) is 9.67 Å². The van der Waals surface area contributed by atoms with E-state index >= 15 is 0 Å². The highest BCUT2D eigenvalue weighted by Crippen LogP contribution is 2.37. The lowest BCUT2D eigenvalue weighted by Gasteiger charge is -2.22. The maximum atomic E-state index is 12.9. The molecule has 1 saturated carbocycles. The number of hydrogen-bond donors (Lipinski definition) is 1. The van der Waals surface area contributed by atoms with Crippen molar-refractivity contribution in [3.63, 3.8) is 0 Å². The normalized spacial score (nSPS) is 16.2. The molecule has 1 aliphatic rings. The molecule has 0 radical (unpaired) electrons. The van der Waals surface area contributed by atoms with E-state index in [2.05, 4.69) is 20.5 Å². The Bertz CT molecular complexity index is 1210. The fourth-order valence-electron chi connectivity index (χ4n) is 4.02. The first-order valence-electron chi connectivity index (χ1n) is 10.2. The maximum absolute atomic E-state index is 12.9. The van der Waals surface area contributed by atoms with Gasteiger partial charge in [-0.1, -0.05) is 61.4 Å². The second kappa shape index (κ2) is 8.31. The first-order chi connectivity index (χ1) is 14.7. The molecule has 0 bridgehead atoms. The summed E-state index contributed by atoms with van der Waals surface area (Å²) in [4.78, 5) is 21.5. The third-order valence-corrected chi connectivity index (χ3v) is 7.53. The molecule has 0 amide bonds. The zero-order chi connectivity index (χ0) is 20.5. The van der Waals surface area contributed by atoms with Crippen molar-refractivity contribution in [3.8, 4) is 11.1 Å². The third-order valence-electron chi connectivity index (χ3n) is 5.60. The molecule has 1 atom stereocenters. The fourth-order valence-corrected chi connectivity index (χ4v) is 5.89. The number of hydrogen-bond acceptors (Lipinski definition) is 7. The summed E-state index contributed by atoms with van der Waals surface area (Å²) in [6, 6.07) is 10.3. The first kappa shape index (κ1) is 19.4. The van der Waals surface area contributed by atoms with Gasteiger partial charge in [-0.05, 0) is 35.8 Å². The Hall–Kier alpha value is -2.52. The SMILES string of the molecule is CC(Sc1nnnn1C1CCCCC1)c1nc2scc(-c3ccccc3)c2c(=O)[nH]1. The predicted octanol–water partition coefficient (Wildman–Crippen LogP) is 5.00. The topological polar surface area (TPSA) is 89.3 Å². The number of benzene rings is 1. The van der Waals surface area contributed by atoms with Crippen molar-refractivity contribution in [2.75, 3.05) is 0 Å². The van der Waals surface area contributed by atoms with Gasteiger partial charge in [-0.2, -0.15) is 0 Å². The molecular weight excluding hydrogens is 416 g/mol. The van der Waals surface area contributed by atoms with Crippen LogP contribution in [0.1, 0.15) is 56.1 Å². The van der Waals surface area contributed by atoms with Crippen LogP contribution < -0.4 is 5.56 Å². The average molecular weight is 439 g/mol. The van der Waals surface area contributed by atoms with E-state index in [9.17, 15) is 4.79 Å². The van der Waals surface area contributed by atoms with Gasteiger partial charge in [-0.15, -0.1) is 16.4 Å². The molecule has 154 valence electrons. The van der Waals surface area contributed by atoms with Gasteiger partial charge in [0.1, 0.15) is 10.7 Å². The van der Waals surface area contributed by atoms with Crippen molar-refractivity contribution in [1.29, 1.82) is 0 Å². The number of thiophene rings is 1. The minimum atomic E-state index is -0.102. The van der Waals surface area contributed by atoms with Gasteiger partial charge < -0.3 is 4.98 Å². The Morgan fingerprint density at radius 1 is 1.20 bits per heavy atom. The van der Waals surface area contributed by atoms with E-state index in [0.717, 1.165) is 34.0 Å². The number of thioether (sulfide) groups is 1. The van der Waals surface area contributed by atoms with Crippen molar-refractivity contribution >= 4 is 33.3 Å². The third kappa shape index (κ3) is 3.67. The van der Waals surface area contributed by atoms with Crippen LogP contribution >= 0.6 is 23.1 Å². The fraction of sp³-hybridized carbons (Fsp3) is 0.381. The molecule has 30 heavy (non-hydrogen) atoms. The van der Waals surface area contributed by atoms with Crippen molar-refractivity contribution < 1.29 is 0 Å². The maximum Gasteiger partial charge on any atom is 0.260 e. The van der Waals surface area contributed by atoms with E-state index in [1.807, 2.05) is 47.3 Å². The van der Waals surface area contributed by atoms with E-state index in [-0.39, 0.29) is 10.8 Å². The van der Waals surface area contributed by atoms with E-state index < -0.39 is 0 Å². The summed E-state index contributed by atoms with van der Waals surface area (Å²) in [5.41, 5.74) is 1.85. The van der Waals surface area contributed by atoms with Crippen LogP contribution in [0.4, 0.5) is 0 Å². The van der Waals surface area contributed by atoms with Crippen molar-refractivity contribution in [2.45, 2.75) is 55.5 Å². The van der Waals surface area contributed by atoms with Crippen LogP contribution in [0.5, 0.6) is 0 Å². The summed E-state index contributed by atoms with van der Waals surface area (Å²) in [5, 5.41) is 15.7. The highest BCUT2D eigenvalue weighted by Gasteiger charge is 2.23. The first-order valence-corrected chi connectivity index (χ1v) is 12.0. The molecular formula is C21H22N6OS2. The highest BCUT2D eigenvalue weighted by molar-refractivity contribution is 7.99. The Labute approximate surface area is 181 Å². The van der Waals surface area contributed by atoms with Crippen LogP contribution in [0.3, 0.4) is 0 Å². The molecule has 4 aromatic rings. The largest absolute Gasteiger partial charge is 0.309 e. The molecule has 5 rings (SSSR count). The van der Waals surface area contributed by atoms with Gasteiger partial charge in [-0.3, -0.25) is 4.79 Å². The van der Waals surface area contributed by atoms with E-state index in [1.165, 1.54) is 30.6 Å². The van der Waals surface area contributed by atoms with Gasteiger partial charge in [0.05, 0.1) is 16.7 Å². The van der Waals surface area contributed by atoms with E-state index in [4.69, 9.17) is 4.98 Å². The monoisotopic (exact) mass is 438 g/mol. The zero-order valence-electron chi connectivity index (χ0n) is 16.6. The minimum Gasteiger partial charge on any atom is -0.309 e. The molecule has 7 nitrogen and oxygen atoms in total. The highest BCUT2D eigenvalue weighted by atomic mass is 32.2. The lowest BCUT2D eigenvalue weighted by atomic mass is 9.96. The zero-order valence-corrected chi connectivity index (χ0v) is 18.2. The quantitative estimate of drug-likeness (QED) is 0.441. The number of nitrogens with one attached hydrogen (secondary N) is 1. The van der Waals surface area contributed by atoms with Crippen LogP contribution in [0.15, 0.2) is 45.7 Å². The van der Waals surface area contributed by atoms with Crippen molar-refractivity contribution in [3.05, 3.63) is 51.9 Å². The second-order valence-corrected chi connectivity index (χ2v) is 9.77. The van der Waals surface area contributed by atoms with Crippen LogP contribution in [-0.2, 0) is 0 Å². The number of tetrazole rings is 1. The molecule has 1 fully saturated rings. The summed E-state index contributed by atoms with van der Waals surface area (Å²) in [6.07, 6.45) is 5.96. The standard InChI is InChI=1S/C21H22N6OS2/c1-13(30-21-24-25-26-27(21)15-10-6-3-7-11-15)18-22-19(28)17-16(12-29-20(17)23-18)14-8-4-2-5-9-14/h2,4-5,8-9,12-13,15H,3,6-7,10-11H2,1H3,(H,22,23,28). The molecule has 3 aromatic heterocycles. The Morgan fingerprint density at radius 2 is 2.00 bits per heavy atom. The average Bonchev–Trinajstić information content (AvgIpc) is 3.42. The molecule has 0 spiro atoms. The van der Waals surface area contributed by atoms with Crippen molar-refractivity contribution in [1.82, 2.24) is 30.2 Å². The summed E-state index contributed by atoms with van der Waals surface area (Å²) in [7, 11) is 0. The molecule has 1 unspecified atom stereocenters. The molecule has 1 aromatic carbocycles. The molecule has 3 heterocycles. The number of rotatable bonds is 5. The van der Waals surface area contributed by atoms with Crippen LogP contribution in [0, 0.1) is 0 Å². The lowest BCUT2D eigenvalue weighted by Crippen LogP contribution is -2.16. The summed E-state index contributed by atoms with van der Waals surface area (Å²) < 4.78 is 1.95. The molecule has 0 saturated heterocycles. The summed E-state index contributed by atoms with van der Waals surface area (Å²) >= 11 is 3.05. The van der Waals surface area contributed by atoms with E-state index in [1.54, 1.807) is 11.8 Å². The van der Waals surface area contributed by atoms with Gasteiger partial charge in [0.15, 0.2) is 0 Å². The predicted molar refractivity (Wildman–Crippen MR) is 120 cm³/mol. The van der Waals surface area contributed by atoms with E-state index in [0.29, 0.717) is 17.3 Å². The number of aromatic nitrogens is 6. The second-order valence-electron chi connectivity index (χ2n) is 7.60. The molecule has 0 aliphatic heterocycles. The molecule has 1 aliphatic carbocycles. The molecule has 1 N–H and O–H groups in total. The van der Waals surface area contributed by atoms with Gasteiger partial charge in [0.25, 0.3) is 5.56 Å². The minimum absolute atomic E-state index is 0.0716. The van der Waals surface area contributed by atoms with Crippen LogP contribution in [0.25, 0.3) is 21.3 Å². The van der Waals surface area contributed by atoms with Gasteiger partial charge >= 0.3 is 0 Å². The van der Waals surface area contributed by atoms with Crippen LogP contribution in [0.2, 0.25) is 0 Å². The molecule has 9 heteroatoms. The van der Waals surface area contributed by atoms with Gasteiger partial charge in [0, 0.05) is 10.9 Å². The van der Waals surface area contributed by atoms with Crippen molar-refractivity contribution in [2.24, 2.45) is 0 Å². The summed E-state index contributed by atoms with van der Waals surface area (Å²) in [5.74, 6) is 0.650. The number of aromatic amines is 1. The van der Waals surface area contributed by atoms with Gasteiger partial charge in [0.2, 0.25) is 5.16 Å². The Morgan fingerprint density at radius 3 is 2.80 bits per heavy atom. The number of nitrogens with zero attached hydrogens (tertiary/aromatic N) is 5. The number of fused-ring (bicyclic) bond motifs is 1. The smallest absolute Gasteiger partial charge is 0.260 e. The number of H-pyrrole nitrogens is 1.